The average molecular weight is 670 g/mol. The van der Waals surface area contributed by atoms with Crippen molar-refractivity contribution < 1.29 is 28.1 Å². The summed E-state index contributed by atoms with van der Waals surface area (Å²) in [6, 6.07) is 6.91. The van der Waals surface area contributed by atoms with E-state index in [4.69, 9.17) is 16.1 Å². The van der Waals surface area contributed by atoms with Gasteiger partial charge in [-0.3, -0.25) is 0 Å². The zero-order valence-electron chi connectivity index (χ0n) is 27.1. The number of phenols is 1. The number of rotatable bonds is 7. The van der Waals surface area contributed by atoms with Crippen LogP contribution < -0.4 is 15.0 Å². The number of phenolic OH excluding ortho intramolecular Hbond substituents is 1. The van der Waals surface area contributed by atoms with Crippen LogP contribution in [-0.4, -0.2) is 82.6 Å². The predicted molar refractivity (Wildman–Crippen MR) is 180 cm³/mol. The topological polar surface area (TPSA) is 94.0 Å². The first-order chi connectivity index (χ1) is 23.7. The van der Waals surface area contributed by atoms with Crippen LogP contribution in [0.3, 0.4) is 0 Å². The summed E-state index contributed by atoms with van der Waals surface area (Å²) in [4.78, 5) is 13.9. The number of likely N-dealkylation sites (tertiary alicyclic amines) is 1. The second-order valence-electron chi connectivity index (χ2n) is 15.1. The number of nitrogens with zero attached hydrogens (tertiary/aromatic N) is 4. The number of benzene rings is 3. The van der Waals surface area contributed by atoms with Crippen LogP contribution in [-0.2, 0) is 0 Å². The SMILES string of the molecule is C#Cc1c(F)ccc2cc(O)cc(-c3c(F)cc4c(N5CC6CCC(C5)N6)nc(OCC5(CN6CC7CC(O)CC7C6)CC5)nc4c3F)c12. The maximum absolute atomic E-state index is 16.9. The quantitative estimate of drug-likeness (QED) is 0.227. The zero-order valence-corrected chi connectivity index (χ0v) is 27.1. The van der Waals surface area contributed by atoms with Crippen LogP contribution in [0.25, 0.3) is 32.8 Å². The van der Waals surface area contributed by atoms with E-state index in [2.05, 4.69) is 26.0 Å². The summed E-state index contributed by atoms with van der Waals surface area (Å²) in [5.41, 5.74) is -0.847. The third-order valence-electron chi connectivity index (χ3n) is 11.6. The minimum absolute atomic E-state index is 0.0219. The van der Waals surface area contributed by atoms with E-state index in [1.165, 1.54) is 30.3 Å². The Bertz CT molecular complexity index is 2020. The highest BCUT2D eigenvalue weighted by Crippen LogP contribution is 2.49. The van der Waals surface area contributed by atoms with Crippen molar-refractivity contribution in [2.45, 2.75) is 56.7 Å². The van der Waals surface area contributed by atoms with Crippen molar-refractivity contribution in [3.05, 3.63) is 53.3 Å². The Labute approximate surface area is 282 Å². The van der Waals surface area contributed by atoms with Gasteiger partial charge >= 0.3 is 6.01 Å². The Morgan fingerprint density at radius 1 is 0.980 bits per heavy atom. The first kappa shape index (κ1) is 30.9. The fourth-order valence-corrected chi connectivity index (χ4v) is 9.16. The van der Waals surface area contributed by atoms with Gasteiger partial charge in [0.05, 0.1) is 23.8 Å². The van der Waals surface area contributed by atoms with Gasteiger partial charge in [0.2, 0.25) is 0 Å². The van der Waals surface area contributed by atoms with Gasteiger partial charge in [-0.2, -0.15) is 9.97 Å². The molecule has 4 heterocycles. The monoisotopic (exact) mass is 669 g/mol. The maximum Gasteiger partial charge on any atom is 0.319 e. The maximum atomic E-state index is 16.9. The fraction of sp³-hybridized carbons (Fsp3) is 0.474. The molecule has 3 aromatic carbocycles. The van der Waals surface area contributed by atoms with E-state index in [1.54, 1.807) is 0 Å². The van der Waals surface area contributed by atoms with Crippen LogP contribution in [0.2, 0.25) is 0 Å². The van der Waals surface area contributed by atoms with Crippen molar-refractivity contribution in [3.8, 4) is 35.2 Å². The minimum atomic E-state index is -0.965. The molecule has 2 saturated carbocycles. The number of aromatic nitrogens is 2. The lowest BCUT2D eigenvalue weighted by atomic mass is 9.92. The summed E-state index contributed by atoms with van der Waals surface area (Å²) < 4.78 is 54.4. The number of anilines is 1. The van der Waals surface area contributed by atoms with Crippen molar-refractivity contribution >= 4 is 27.5 Å². The molecule has 254 valence electrons. The van der Waals surface area contributed by atoms with Crippen molar-refractivity contribution in [1.82, 2.24) is 20.2 Å². The molecule has 3 aliphatic heterocycles. The Balaban J connectivity index is 1.11. The van der Waals surface area contributed by atoms with E-state index < -0.39 is 23.0 Å². The molecule has 0 amide bonds. The number of piperazine rings is 1. The number of aliphatic hydroxyl groups is 1. The Kier molecular flexibility index (Phi) is 7.24. The number of hydrogen-bond donors (Lipinski definition) is 3. The molecule has 1 aromatic heterocycles. The summed E-state index contributed by atoms with van der Waals surface area (Å²) in [5, 5.41) is 24.9. The molecule has 11 heteroatoms. The van der Waals surface area contributed by atoms with Gasteiger partial charge in [0.1, 0.15) is 28.7 Å². The van der Waals surface area contributed by atoms with Crippen LogP contribution in [0.4, 0.5) is 19.0 Å². The molecule has 2 aliphatic carbocycles. The first-order valence-electron chi connectivity index (χ1n) is 17.3. The van der Waals surface area contributed by atoms with Crippen LogP contribution in [0.15, 0.2) is 30.3 Å². The van der Waals surface area contributed by atoms with Gasteiger partial charge in [0, 0.05) is 66.6 Å². The van der Waals surface area contributed by atoms with Gasteiger partial charge in [-0.1, -0.05) is 12.0 Å². The number of aromatic hydroxyl groups is 1. The second kappa shape index (κ2) is 11.5. The molecule has 5 fully saturated rings. The molecule has 3 saturated heterocycles. The van der Waals surface area contributed by atoms with Gasteiger partial charge in [-0.05, 0) is 80.0 Å². The Morgan fingerprint density at radius 3 is 2.41 bits per heavy atom. The predicted octanol–water partition coefficient (Wildman–Crippen LogP) is 5.36. The van der Waals surface area contributed by atoms with Crippen molar-refractivity contribution in [1.29, 1.82) is 0 Å². The lowest BCUT2D eigenvalue weighted by Crippen LogP contribution is -2.51. The number of terminal acetylenes is 1. The number of aliphatic hydroxyl groups excluding tert-OH is 1. The summed E-state index contributed by atoms with van der Waals surface area (Å²) in [6.45, 7) is 4.49. The van der Waals surface area contributed by atoms with Crippen LogP contribution in [0.5, 0.6) is 11.8 Å². The molecule has 4 aromatic rings. The summed E-state index contributed by atoms with van der Waals surface area (Å²) >= 11 is 0. The molecule has 5 aliphatic rings. The number of fused-ring (bicyclic) bond motifs is 5. The lowest BCUT2D eigenvalue weighted by Gasteiger charge is -2.34. The van der Waals surface area contributed by atoms with E-state index >= 15 is 8.78 Å². The van der Waals surface area contributed by atoms with Gasteiger partial charge in [-0.15, -0.1) is 6.42 Å². The normalized spacial score (nSPS) is 27.2. The molecule has 2 bridgehead atoms. The fourth-order valence-electron chi connectivity index (χ4n) is 9.16. The lowest BCUT2D eigenvalue weighted by molar-refractivity contribution is 0.142. The van der Waals surface area contributed by atoms with Gasteiger partial charge < -0.3 is 30.1 Å². The van der Waals surface area contributed by atoms with Gasteiger partial charge in [0.25, 0.3) is 0 Å². The van der Waals surface area contributed by atoms with Gasteiger partial charge in [0.15, 0.2) is 5.82 Å². The van der Waals surface area contributed by atoms with Crippen molar-refractivity contribution in [2.24, 2.45) is 17.3 Å². The largest absolute Gasteiger partial charge is 0.508 e. The molecule has 0 spiro atoms. The van der Waals surface area contributed by atoms with Crippen LogP contribution in [0, 0.1) is 47.0 Å². The molecule has 0 radical (unpaired) electrons. The third kappa shape index (κ3) is 5.36. The summed E-state index contributed by atoms with van der Waals surface area (Å²) in [6.07, 6.45) is 11.3. The number of nitrogens with one attached hydrogen (secondary N) is 1. The first-order valence-corrected chi connectivity index (χ1v) is 17.3. The smallest absolute Gasteiger partial charge is 0.319 e. The van der Waals surface area contributed by atoms with Crippen LogP contribution >= 0.6 is 0 Å². The number of halogens is 3. The molecule has 3 N–H and O–H groups in total. The molecule has 49 heavy (non-hydrogen) atoms. The summed E-state index contributed by atoms with van der Waals surface area (Å²) in [7, 11) is 0. The molecule has 9 rings (SSSR count). The zero-order chi connectivity index (χ0) is 33.6. The van der Waals surface area contributed by atoms with Crippen molar-refractivity contribution in [3.63, 3.8) is 0 Å². The number of hydrogen-bond acceptors (Lipinski definition) is 8. The number of ether oxygens (including phenoxy) is 1. The van der Waals surface area contributed by atoms with E-state index in [0.717, 1.165) is 58.2 Å². The molecule has 4 unspecified atom stereocenters. The Morgan fingerprint density at radius 2 is 1.71 bits per heavy atom. The van der Waals surface area contributed by atoms with Crippen molar-refractivity contribution in [2.75, 3.05) is 44.2 Å². The molecule has 4 atom stereocenters. The van der Waals surface area contributed by atoms with E-state index in [0.29, 0.717) is 42.7 Å². The molecular formula is C38H38F3N5O3. The van der Waals surface area contributed by atoms with Crippen LogP contribution in [0.1, 0.15) is 44.1 Å². The van der Waals surface area contributed by atoms with E-state index in [9.17, 15) is 14.6 Å². The average Bonchev–Trinajstić information content (AvgIpc) is 3.43. The minimum Gasteiger partial charge on any atom is -0.508 e. The van der Waals surface area contributed by atoms with Gasteiger partial charge in [-0.25, -0.2) is 13.2 Å². The molecule has 8 nitrogen and oxygen atoms in total. The second-order valence-corrected chi connectivity index (χ2v) is 15.1. The Hall–Kier alpha value is -4.11. The standard InChI is InChI=1S/C38H38F3N5O3/c1-2-27-30(39)6-3-20-9-26(48)12-28(32(20)27)33-31(40)13-29-35(34(33)41)43-37(44-36(29)46-16-23-4-5-24(17-46)42-23)49-19-38(7-8-38)18-45-14-21-10-25(47)11-22(21)15-45/h1,3,6,9,12-13,21-25,42,47-48H,4-5,7-8,10-11,14-19H2. The highest BCUT2D eigenvalue weighted by Gasteiger charge is 2.48. The highest BCUT2D eigenvalue weighted by atomic mass is 19.1. The molecular weight excluding hydrogens is 631 g/mol. The van der Waals surface area contributed by atoms with E-state index in [-0.39, 0.29) is 62.8 Å². The summed E-state index contributed by atoms with van der Waals surface area (Å²) in [5.74, 6) is 1.00. The highest BCUT2D eigenvalue weighted by molar-refractivity contribution is 6.04. The third-order valence-corrected chi connectivity index (χ3v) is 11.6. The van der Waals surface area contributed by atoms with E-state index in [1.807, 2.05) is 0 Å².